The molecule has 0 saturated carbocycles. The molecule has 2 unspecified atom stereocenters. The van der Waals surface area contributed by atoms with Gasteiger partial charge in [-0.15, -0.1) is 0 Å². The minimum absolute atomic E-state index is 0.0237. The van der Waals surface area contributed by atoms with Crippen LogP contribution in [-0.2, 0) is 9.53 Å². The Morgan fingerprint density at radius 2 is 2.29 bits per heavy atom. The number of hydrogen-bond donors (Lipinski definition) is 1. The van der Waals surface area contributed by atoms with Crippen molar-refractivity contribution in [2.24, 2.45) is 5.73 Å². The molecule has 4 nitrogen and oxygen atoms in total. The molecule has 2 rings (SSSR count). The fourth-order valence-corrected chi connectivity index (χ4v) is 2.96. The fraction of sp³-hybridized carbons (Fsp3) is 0.533. The number of likely N-dealkylation sites (tertiary alicyclic amines) is 1. The predicted octanol–water partition coefficient (Wildman–Crippen LogP) is 2.51. The van der Waals surface area contributed by atoms with Gasteiger partial charge in [0.2, 0.25) is 5.91 Å². The van der Waals surface area contributed by atoms with Gasteiger partial charge in [0.1, 0.15) is 5.82 Å². The average molecular weight is 315 g/mol. The summed E-state index contributed by atoms with van der Waals surface area (Å²) in [5.74, 6) is -0.527. The fourth-order valence-electron chi connectivity index (χ4n) is 2.78. The molecular weight excluding hydrogens is 295 g/mol. The first kappa shape index (κ1) is 16.2. The van der Waals surface area contributed by atoms with E-state index >= 15 is 0 Å². The second kappa shape index (κ2) is 7.20. The van der Waals surface area contributed by atoms with Crippen LogP contribution < -0.4 is 5.73 Å². The number of methoxy groups -OCH3 is 1. The molecule has 0 spiro atoms. The van der Waals surface area contributed by atoms with Gasteiger partial charge < -0.3 is 15.4 Å². The molecule has 1 aromatic carbocycles. The Hall–Kier alpha value is -1.17. The number of rotatable bonds is 4. The molecule has 1 aliphatic rings. The summed E-state index contributed by atoms with van der Waals surface area (Å²) in [6.45, 7) is 0.775. The lowest BCUT2D eigenvalue weighted by molar-refractivity contribution is -0.134. The lowest BCUT2D eigenvalue weighted by atomic mass is 9.96. The maximum atomic E-state index is 14.4. The molecule has 1 aromatic rings. The molecule has 116 valence electrons. The number of carbonyl (C=O) groups is 1. The molecule has 0 aliphatic carbocycles. The van der Waals surface area contributed by atoms with Gasteiger partial charge in [0.25, 0.3) is 0 Å². The van der Waals surface area contributed by atoms with E-state index in [4.69, 9.17) is 22.1 Å². The molecule has 0 aromatic heterocycles. The maximum absolute atomic E-state index is 14.4. The lowest BCUT2D eigenvalue weighted by Gasteiger charge is -2.34. The Kier molecular flexibility index (Phi) is 5.56. The third-order valence-electron chi connectivity index (χ3n) is 3.83. The number of amides is 1. The van der Waals surface area contributed by atoms with Crippen LogP contribution in [0.4, 0.5) is 4.39 Å². The largest absolute Gasteiger partial charge is 0.383 e. The Balaban J connectivity index is 2.41. The molecule has 6 heteroatoms. The van der Waals surface area contributed by atoms with Crippen LogP contribution in [0.1, 0.15) is 30.9 Å². The van der Waals surface area contributed by atoms with Crippen LogP contribution in [0.5, 0.6) is 0 Å². The number of ether oxygens (including phenoxy) is 1. The van der Waals surface area contributed by atoms with E-state index in [1.807, 2.05) is 0 Å². The minimum Gasteiger partial charge on any atom is -0.383 e. The zero-order valence-electron chi connectivity index (χ0n) is 12.0. The first-order valence-electron chi connectivity index (χ1n) is 7.04. The molecular formula is C15H20ClFN2O2. The van der Waals surface area contributed by atoms with Crippen molar-refractivity contribution in [3.63, 3.8) is 0 Å². The summed E-state index contributed by atoms with van der Waals surface area (Å²) in [5, 5.41) is 0.0445. The highest BCUT2D eigenvalue weighted by atomic mass is 35.5. The second-order valence-corrected chi connectivity index (χ2v) is 5.63. The van der Waals surface area contributed by atoms with E-state index in [0.29, 0.717) is 38.0 Å². The number of nitrogens with two attached hydrogens (primary N) is 1. The van der Waals surface area contributed by atoms with Gasteiger partial charge in [-0.2, -0.15) is 0 Å². The maximum Gasteiger partial charge on any atom is 0.223 e. The SMILES string of the molecule is COCCN1C(=O)CCCC(N)C1c1cccc(Cl)c1F. The van der Waals surface area contributed by atoms with Crippen molar-refractivity contribution in [1.29, 1.82) is 0 Å². The van der Waals surface area contributed by atoms with Gasteiger partial charge in [0.05, 0.1) is 17.7 Å². The lowest BCUT2D eigenvalue weighted by Crippen LogP contribution is -2.44. The van der Waals surface area contributed by atoms with Crippen molar-refractivity contribution in [3.8, 4) is 0 Å². The van der Waals surface area contributed by atoms with E-state index in [-0.39, 0.29) is 17.0 Å². The van der Waals surface area contributed by atoms with Gasteiger partial charge >= 0.3 is 0 Å². The van der Waals surface area contributed by atoms with E-state index in [2.05, 4.69) is 0 Å². The summed E-state index contributed by atoms with van der Waals surface area (Å²) >= 11 is 5.87. The molecule has 0 bridgehead atoms. The molecule has 2 N–H and O–H groups in total. The third kappa shape index (κ3) is 3.54. The summed E-state index contributed by atoms with van der Waals surface area (Å²) in [6, 6.07) is 3.99. The Labute approximate surface area is 129 Å². The van der Waals surface area contributed by atoms with Gasteiger partial charge in [-0.1, -0.05) is 23.7 Å². The zero-order chi connectivity index (χ0) is 15.4. The minimum atomic E-state index is -0.506. The van der Waals surface area contributed by atoms with Gasteiger partial charge in [-0.25, -0.2) is 4.39 Å². The van der Waals surface area contributed by atoms with Crippen LogP contribution in [0.15, 0.2) is 18.2 Å². The number of nitrogens with zero attached hydrogens (tertiary/aromatic N) is 1. The first-order valence-corrected chi connectivity index (χ1v) is 7.42. The van der Waals surface area contributed by atoms with Gasteiger partial charge in [0, 0.05) is 31.7 Å². The topological polar surface area (TPSA) is 55.6 Å². The molecule has 1 heterocycles. The quantitative estimate of drug-likeness (QED) is 0.929. The predicted molar refractivity (Wildman–Crippen MR) is 79.6 cm³/mol. The molecule has 1 aliphatic heterocycles. The van der Waals surface area contributed by atoms with Crippen molar-refractivity contribution in [3.05, 3.63) is 34.6 Å². The van der Waals surface area contributed by atoms with Gasteiger partial charge in [-0.3, -0.25) is 4.79 Å². The Morgan fingerprint density at radius 1 is 1.52 bits per heavy atom. The van der Waals surface area contributed by atoms with Crippen molar-refractivity contribution in [2.45, 2.75) is 31.3 Å². The number of benzene rings is 1. The van der Waals surface area contributed by atoms with Crippen molar-refractivity contribution >= 4 is 17.5 Å². The summed E-state index contributed by atoms with van der Waals surface area (Å²) in [6.07, 6.45) is 1.81. The highest BCUT2D eigenvalue weighted by Crippen LogP contribution is 2.33. The summed E-state index contributed by atoms with van der Waals surface area (Å²) in [7, 11) is 1.57. The third-order valence-corrected chi connectivity index (χ3v) is 4.12. The van der Waals surface area contributed by atoms with Gasteiger partial charge in [-0.05, 0) is 18.9 Å². The zero-order valence-corrected chi connectivity index (χ0v) is 12.8. The Bertz CT molecular complexity index is 512. The van der Waals surface area contributed by atoms with Crippen LogP contribution in [0.3, 0.4) is 0 Å². The molecule has 1 fully saturated rings. The number of halogens is 2. The molecule has 21 heavy (non-hydrogen) atoms. The van der Waals surface area contributed by atoms with E-state index in [9.17, 15) is 9.18 Å². The summed E-state index contributed by atoms with van der Waals surface area (Å²) in [4.78, 5) is 13.9. The number of hydrogen-bond acceptors (Lipinski definition) is 3. The first-order chi connectivity index (χ1) is 10.1. The van der Waals surface area contributed by atoms with Crippen LogP contribution in [-0.4, -0.2) is 37.1 Å². The molecule has 2 atom stereocenters. The van der Waals surface area contributed by atoms with E-state index in [0.717, 1.165) is 0 Å². The molecule has 1 saturated heterocycles. The van der Waals surface area contributed by atoms with Crippen LogP contribution in [0, 0.1) is 5.82 Å². The highest BCUT2D eigenvalue weighted by Gasteiger charge is 2.34. The average Bonchev–Trinajstić information content (AvgIpc) is 2.59. The van der Waals surface area contributed by atoms with Crippen LogP contribution >= 0.6 is 11.6 Å². The monoisotopic (exact) mass is 314 g/mol. The van der Waals surface area contributed by atoms with Crippen molar-refractivity contribution in [1.82, 2.24) is 4.90 Å². The number of carbonyl (C=O) groups excluding carboxylic acids is 1. The standard InChI is InChI=1S/C15H20ClFN2O2/c1-21-9-8-19-13(20)7-3-6-12(18)15(19)10-4-2-5-11(16)14(10)17/h2,4-5,12,15H,3,6-9,18H2,1H3. The van der Waals surface area contributed by atoms with E-state index in [1.54, 1.807) is 24.1 Å². The Morgan fingerprint density at radius 3 is 3.00 bits per heavy atom. The van der Waals surface area contributed by atoms with E-state index in [1.165, 1.54) is 6.07 Å². The summed E-state index contributed by atoms with van der Waals surface area (Å²) in [5.41, 5.74) is 6.59. The van der Waals surface area contributed by atoms with Crippen LogP contribution in [0.25, 0.3) is 0 Å². The van der Waals surface area contributed by atoms with Crippen LogP contribution in [0.2, 0.25) is 5.02 Å². The van der Waals surface area contributed by atoms with Crippen molar-refractivity contribution < 1.29 is 13.9 Å². The highest BCUT2D eigenvalue weighted by molar-refractivity contribution is 6.30. The molecule has 1 amide bonds. The summed E-state index contributed by atoms with van der Waals surface area (Å²) < 4.78 is 19.4. The normalized spacial score (nSPS) is 23.2. The van der Waals surface area contributed by atoms with Crippen molar-refractivity contribution in [2.75, 3.05) is 20.3 Å². The van der Waals surface area contributed by atoms with Gasteiger partial charge in [0.15, 0.2) is 0 Å². The molecule has 0 radical (unpaired) electrons. The van der Waals surface area contributed by atoms with E-state index < -0.39 is 11.9 Å². The smallest absolute Gasteiger partial charge is 0.223 e. The second-order valence-electron chi connectivity index (χ2n) is 5.22.